The molecule has 2 aliphatic rings. The lowest BCUT2D eigenvalue weighted by Crippen LogP contribution is -2.44. The first-order valence-electron chi connectivity index (χ1n) is 11.3. The zero-order valence-electron chi connectivity index (χ0n) is 18.7. The first-order valence-corrected chi connectivity index (χ1v) is 12.1. The van der Waals surface area contributed by atoms with Crippen LogP contribution in [0.15, 0.2) is 36.4 Å². The summed E-state index contributed by atoms with van der Waals surface area (Å²) in [5.41, 5.74) is 3.90. The van der Waals surface area contributed by atoms with Gasteiger partial charge < -0.3 is 14.5 Å². The maximum Gasteiger partial charge on any atom is 0.274 e. The molecule has 172 valence electrons. The number of thiazole rings is 1. The first-order chi connectivity index (χ1) is 15.9. The van der Waals surface area contributed by atoms with E-state index in [0.29, 0.717) is 37.7 Å². The number of halogens is 1. The standard InChI is InChI=1S/C25H26FN3O3S/c1-15-3-5-19(11-16(15)2)29-14-17(12-23(29)30)24(31)28-9-7-20(8-10-28)32-25-27-21-6-4-18(26)13-22(21)33-25/h3-6,11,13,17,20H,7-10,12,14H2,1-2H3. The number of likely N-dealkylation sites (tertiary alicyclic amines) is 1. The van der Waals surface area contributed by atoms with Gasteiger partial charge in [-0.05, 0) is 55.3 Å². The fourth-order valence-electron chi connectivity index (χ4n) is 4.54. The lowest BCUT2D eigenvalue weighted by atomic mass is 10.0. The molecule has 2 aromatic carbocycles. The van der Waals surface area contributed by atoms with Crippen molar-refractivity contribution in [1.29, 1.82) is 0 Å². The van der Waals surface area contributed by atoms with Crippen molar-refractivity contribution in [3.8, 4) is 5.19 Å². The zero-order valence-corrected chi connectivity index (χ0v) is 19.5. The van der Waals surface area contributed by atoms with Crippen LogP contribution in [0.5, 0.6) is 5.19 Å². The molecule has 1 unspecified atom stereocenters. The minimum absolute atomic E-state index is 0.00194. The van der Waals surface area contributed by atoms with E-state index in [-0.39, 0.29) is 36.1 Å². The molecule has 0 radical (unpaired) electrons. The molecule has 1 atom stereocenters. The summed E-state index contributed by atoms with van der Waals surface area (Å²) in [5, 5.41) is 0.533. The van der Waals surface area contributed by atoms with Crippen molar-refractivity contribution in [2.45, 2.75) is 39.2 Å². The molecule has 2 saturated heterocycles. The number of hydrogen-bond acceptors (Lipinski definition) is 5. The number of carbonyl (C=O) groups is 2. The highest BCUT2D eigenvalue weighted by Crippen LogP contribution is 2.31. The van der Waals surface area contributed by atoms with Crippen LogP contribution in [-0.2, 0) is 9.59 Å². The molecular formula is C25H26FN3O3S. The maximum absolute atomic E-state index is 13.4. The molecule has 0 aliphatic carbocycles. The molecule has 5 rings (SSSR count). The highest BCUT2D eigenvalue weighted by Gasteiger charge is 2.38. The van der Waals surface area contributed by atoms with Gasteiger partial charge >= 0.3 is 0 Å². The summed E-state index contributed by atoms with van der Waals surface area (Å²) < 4.78 is 20.2. The van der Waals surface area contributed by atoms with E-state index < -0.39 is 0 Å². The Morgan fingerprint density at radius 2 is 1.91 bits per heavy atom. The second-order valence-electron chi connectivity index (χ2n) is 8.91. The molecule has 3 heterocycles. The number of aromatic nitrogens is 1. The molecule has 33 heavy (non-hydrogen) atoms. The fourth-order valence-corrected chi connectivity index (χ4v) is 5.44. The summed E-state index contributed by atoms with van der Waals surface area (Å²) in [6, 6.07) is 10.5. The summed E-state index contributed by atoms with van der Waals surface area (Å²) >= 11 is 1.34. The topological polar surface area (TPSA) is 62.7 Å². The minimum Gasteiger partial charge on any atom is -0.467 e. The third-order valence-electron chi connectivity index (χ3n) is 6.63. The Hall–Kier alpha value is -3.00. The number of hydrogen-bond donors (Lipinski definition) is 0. The van der Waals surface area contributed by atoms with E-state index in [4.69, 9.17) is 4.74 Å². The third kappa shape index (κ3) is 4.44. The first kappa shape index (κ1) is 21.8. The Morgan fingerprint density at radius 1 is 1.12 bits per heavy atom. The Kier molecular flexibility index (Phi) is 5.78. The van der Waals surface area contributed by atoms with Crippen molar-refractivity contribution in [2.24, 2.45) is 5.92 Å². The van der Waals surface area contributed by atoms with Gasteiger partial charge in [-0.3, -0.25) is 9.59 Å². The van der Waals surface area contributed by atoms with E-state index in [2.05, 4.69) is 4.98 Å². The van der Waals surface area contributed by atoms with Crippen molar-refractivity contribution in [2.75, 3.05) is 24.5 Å². The van der Waals surface area contributed by atoms with Crippen molar-refractivity contribution in [1.82, 2.24) is 9.88 Å². The highest BCUT2D eigenvalue weighted by molar-refractivity contribution is 7.20. The normalized spacial score (nSPS) is 19.5. The number of amides is 2. The van der Waals surface area contributed by atoms with Crippen LogP contribution in [0.25, 0.3) is 10.2 Å². The lowest BCUT2D eigenvalue weighted by molar-refractivity contribution is -0.137. The number of ether oxygens (including phenoxy) is 1. The number of aryl methyl sites for hydroxylation is 2. The van der Waals surface area contributed by atoms with Gasteiger partial charge in [-0.15, -0.1) is 0 Å². The summed E-state index contributed by atoms with van der Waals surface area (Å²) in [4.78, 5) is 33.8. The molecule has 2 amide bonds. The summed E-state index contributed by atoms with van der Waals surface area (Å²) in [6.07, 6.45) is 1.64. The Bertz CT molecular complexity index is 1220. The fraction of sp³-hybridized carbons (Fsp3) is 0.400. The second kappa shape index (κ2) is 8.74. The van der Waals surface area contributed by atoms with Crippen molar-refractivity contribution in [3.05, 3.63) is 53.3 Å². The quantitative estimate of drug-likeness (QED) is 0.568. The van der Waals surface area contributed by atoms with Crippen LogP contribution in [0.1, 0.15) is 30.4 Å². The summed E-state index contributed by atoms with van der Waals surface area (Å²) in [6.45, 7) is 5.69. The monoisotopic (exact) mass is 467 g/mol. The molecule has 6 nitrogen and oxygen atoms in total. The predicted molar refractivity (Wildman–Crippen MR) is 126 cm³/mol. The minimum atomic E-state index is -0.310. The van der Waals surface area contributed by atoms with Gasteiger partial charge in [0.15, 0.2) is 0 Å². The van der Waals surface area contributed by atoms with Crippen LogP contribution in [0.4, 0.5) is 10.1 Å². The summed E-state index contributed by atoms with van der Waals surface area (Å²) in [5.74, 6) is -0.549. The Balaban J connectivity index is 1.17. The predicted octanol–water partition coefficient (Wildman–Crippen LogP) is 4.48. The smallest absolute Gasteiger partial charge is 0.274 e. The number of fused-ring (bicyclic) bond motifs is 1. The molecule has 8 heteroatoms. The number of benzene rings is 2. The number of rotatable bonds is 4. The molecule has 3 aromatic rings. The van der Waals surface area contributed by atoms with E-state index in [1.54, 1.807) is 11.0 Å². The van der Waals surface area contributed by atoms with E-state index in [1.165, 1.54) is 29.0 Å². The van der Waals surface area contributed by atoms with Crippen molar-refractivity contribution in [3.63, 3.8) is 0 Å². The Morgan fingerprint density at radius 3 is 2.67 bits per heavy atom. The molecular weight excluding hydrogens is 441 g/mol. The van der Waals surface area contributed by atoms with Gasteiger partial charge in [0, 0.05) is 44.6 Å². The number of piperidine rings is 1. The average molecular weight is 468 g/mol. The van der Waals surface area contributed by atoms with Gasteiger partial charge in [-0.25, -0.2) is 9.37 Å². The molecule has 0 N–H and O–H groups in total. The van der Waals surface area contributed by atoms with Gasteiger partial charge in [0.25, 0.3) is 5.19 Å². The molecule has 1 aromatic heterocycles. The maximum atomic E-state index is 13.4. The van der Waals surface area contributed by atoms with Crippen LogP contribution in [0.2, 0.25) is 0 Å². The molecule has 2 aliphatic heterocycles. The van der Waals surface area contributed by atoms with Crippen molar-refractivity contribution >= 4 is 39.1 Å². The molecule has 2 fully saturated rings. The van der Waals surface area contributed by atoms with Crippen LogP contribution in [-0.4, -0.2) is 47.4 Å². The SMILES string of the molecule is Cc1ccc(N2CC(C(=O)N3CCC(Oc4nc5ccc(F)cc5s4)CC3)CC2=O)cc1C. The van der Waals surface area contributed by atoms with Crippen LogP contribution in [0.3, 0.4) is 0 Å². The number of nitrogens with zero attached hydrogens (tertiary/aromatic N) is 3. The van der Waals surface area contributed by atoms with E-state index in [9.17, 15) is 14.0 Å². The van der Waals surface area contributed by atoms with E-state index >= 15 is 0 Å². The number of anilines is 1. The third-order valence-corrected chi connectivity index (χ3v) is 7.54. The second-order valence-corrected chi connectivity index (χ2v) is 9.90. The number of carbonyl (C=O) groups excluding carboxylic acids is 2. The van der Waals surface area contributed by atoms with E-state index in [1.807, 2.05) is 36.9 Å². The lowest BCUT2D eigenvalue weighted by Gasteiger charge is -2.33. The van der Waals surface area contributed by atoms with Gasteiger partial charge in [0.1, 0.15) is 11.9 Å². The largest absolute Gasteiger partial charge is 0.467 e. The van der Waals surface area contributed by atoms with E-state index in [0.717, 1.165) is 21.5 Å². The van der Waals surface area contributed by atoms with Crippen LogP contribution in [0, 0.1) is 25.6 Å². The molecule has 0 saturated carbocycles. The molecule has 0 bridgehead atoms. The zero-order chi connectivity index (χ0) is 23.1. The molecule has 0 spiro atoms. The van der Waals surface area contributed by atoms with Gasteiger partial charge in [0.2, 0.25) is 11.8 Å². The highest BCUT2D eigenvalue weighted by atomic mass is 32.1. The summed E-state index contributed by atoms with van der Waals surface area (Å²) in [7, 11) is 0. The van der Waals surface area contributed by atoms with Gasteiger partial charge in [0.05, 0.1) is 16.1 Å². The Labute approximate surface area is 196 Å². The average Bonchev–Trinajstić information content (AvgIpc) is 3.38. The van der Waals surface area contributed by atoms with Gasteiger partial charge in [-0.1, -0.05) is 17.4 Å². The van der Waals surface area contributed by atoms with Crippen LogP contribution >= 0.6 is 11.3 Å². The van der Waals surface area contributed by atoms with Crippen molar-refractivity contribution < 1.29 is 18.7 Å². The van der Waals surface area contributed by atoms with Crippen LogP contribution < -0.4 is 9.64 Å². The van der Waals surface area contributed by atoms with Gasteiger partial charge in [-0.2, -0.15) is 0 Å².